The molecule has 8 heteroatoms. The molecule has 2 aromatic rings. The molecule has 0 bridgehead atoms. The van der Waals surface area contributed by atoms with E-state index in [9.17, 15) is 4.79 Å². The highest BCUT2D eigenvalue weighted by Gasteiger charge is 2.69. The van der Waals surface area contributed by atoms with Gasteiger partial charge in [0.1, 0.15) is 11.6 Å². The molecular formula is C33H49N7O. The van der Waals surface area contributed by atoms with Gasteiger partial charge in [0.2, 0.25) is 0 Å². The van der Waals surface area contributed by atoms with Crippen molar-refractivity contribution in [3.63, 3.8) is 0 Å². The molecule has 2 aromatic heterocycles. The maximum Gasteiger partial charge on any atom is 0.181 e. The van der Waals surface area contributed by atoms with Gasteiger partial charge in [-0.2, -0.15) is 10.3 Å². The number of nitrogens with zero attached hydrogens (tertiary/aromatic N) is 4. The van der Waals surface area contributed by atoms with Crippen LogP contribution in [0.4, 0.5) is 5.82 Å². The summed E-state index contributed by atoms with van der Waals surface area (Å²) >= 11 is 0. The number of aromatic nitrogens is 6. The van der Waals surface area contributed by atoms with Crippen LogP contribution in [0.5, 0.6) is 0 Å². The largest absolute Gasteiger partial charge is 0.382 e. The standard InChI is InChI=1S/C33H49N7O/c1-28(2)12-14-33(24(41)16-25-35-39-40-36-25)15-13-31(6)20(21(33)18-28)8-9-23-30(5)17-19-26(37-38-27(19)34)29(3,4)22(30)10-11-32(23,31)7/h8,21-23H,9-18H2,1-7H3,(H3,34,37,38)(H,35,36,39,40)/t21?,22?,23?,30-,31+,32+,33-/m0/s1. The number of ketones is 1. The SMILES string of the molecule is CC1(C)CC[C@]2(C(=O)Cc3nn[nH]n3)CC[C@]3(C)C(=CCC4[C@@]5(C)Cc6c(N)n[nH]c6C(C)(C)C5CC[C@]43C)C2C1. The predicted octanol–water partition coefficient (Wildman–Crippen LogP) is 6.13. The molecule has 7 rings (SSSR count). The van der Waals surface area contributed by atoms with E-state index in [0.29, 0.717) is 29.3 Å². The third kappa shape index (κ3) is 3.42. The van der Waals surface area contributed by atoms with Crippen LogP contribution in [0.3, 0.4) is 0 Å². The van der Waals surface area contributed by atoms with Gasteiger partial charge in [-0.3, -0.25) is 9.89 Å². The maximum atomic E-state index is 14.2. The number of hydrogen-bond acceptors (Lipinski definition) is 6. The Morgan fingerprint density at radius 3 is 2.49 bits per heavy atom. The Morgan fingerprint density at radius 1 is 1.00 bits per heavy atom. The molecule has 0 amide bonds. The summed E-state index contributed by atoms with van der Waals surface area (Å²) in [6.45, 7) is 17.4. The fourth-order valence-electron chi connectivity index (χ4n) is 11.8. The van der Waals surface area contributed by atoms with Crippen LogP contribution in [0.25, 0.3) is 0 Å². The quantitative estimate of drug-likeness (QED) is 0.388. The van der Waals surface area contributed by atoms with E-state index in [4.69, 9.17) is 5.73 Å². The number of nitrogens with one attached hydrogen (secondary N) is 2. The van der Waals surface area contributed by atoms with E-state index in [0.717, 1.165) is 44.9 Å². The topological polar surface area (TPSA) is 126 Å². The Bertz CT molecular complexity index is 1420. The fourth-order valence-corrected chi connectivity index (χ4v) is 11.8. The lowest BCUT2D eigenvalue weighted by Crippen LogP contribution is -2.64. The van der Waals surface area contributed by atoms with Crippen molar-refractivity contribution in [3.8, 4) is 0 Å². The molecule has 0 radical (unpaired) electrons. The molecule has 0 aromatic carbocycles. The van der Waals surface area contributed by atoms with E-state index in [1.54, 1.807) is 5.57 Å². The van der Waals surface area contributed by atoms with E-state index >= 15 is 0 Å². The second-order valence-electron chi connectivity index (χ2n) is 16.7. The first-order valence-corrected chi connectivity index (χ1v) is 16.0. The minimum absolute atomic E-state index is 0.00979. The zero-order valence-corrected chi connectivity index (χ0v) is 26.2. The summed E-state index contributed by atoms with van der Waals surface area (Å²) in [4.78, 5) is 14.2. The van der Waals surface area contributed by atoms with E-state index in [2.05, 4.69) is 85.4 Å². The molecule has 2 heterocycles. The van der Waals surface area contributed by atoms with Gasteiger partial charge in [-0.05, 0) is 97.2 Å². The van der Waals surface area contributed by atoms with Crippen molar-refractivity contribution in [1.82, 2.24) is 30.8 Å². The van der Waals surface area contributed by atoms with Gasteiger partial charge in [-0.15, -0.1) is 10.2 Å². The van der Waals surface area contributed by atoms with Gasteiger partial charge in [-0.25, -0.2) is 0 Å². The molecule has 4 N–H and O–H groups in total. The third-order valence-corrected chi connectivity index (χ3v) is 14.1. The first kappa shape index (κ1) is 27.3. The van der Waals surface area contributed by atoms with Crippen molar-refractivity contribution in [2.75, 3.05) is 5.73 Å². The third-order valence-electron chi connectivity index (χ3n) is 14.1. The number of aromatic amines is 2. The van der Waals surface area contributed by atoms with Crippen molar-refractivity contribution in [3.05, 3.63) is 28.7 Å². The smallest absolute Gasteiger partial charge is 0.181 e. The van der Waals surface area contributed by atoms with Crippen molar-refractivity contribution in [2.45, 2.75) is 118 Å². The van der Waals surface area contributed by atoms with Gasteiger partial charge >= 0.3 is 0 Å². The summed E-state index contributed by atoms with van der Waals surface area (Å²) in [5, 5.41) is 22.4. The molecule has 3 unspecified atom stereocenters. The molecule has 222 valence electrons. The summed E-state index contributed by atoms with van der Waals surface area (Å²) in [5.41, 5.74) is 10.9. The van der Waals surface area contributed by atoms with Crippen LogP contribution in [0.15, 0.2) is 11.6 Å². The van der Waals surface area contributed by atoms with Gasteiger partial charge in [0.05, 0.1) is 6.42 Å². The zero-order valence-electron chi connectivity index (χ0n) is 26.2. The summed E-state index contributed by atoms with van der Waals surface area (Å²) in [5.74, 6) is 2.95. The average Bonchev–Trinajstić information content (AvgIpc) is 3.54. The number of nitrogen functional groups attached to an aromatic ring is 1. The monoisotopic (exact) mass is 559 g/mol. The number of carbonyl (C=O) groups excluding carboxylic acids is 1. The highest BCUT2D eigenvalue weighted by atomic mass is 16.1. The Morgan fingerprint density at radius 2 is 1.76 bits per heavy atom. The number of fused-ring (bicyclic) bond motifs is 8. The molecule has 0 saturated heterocycles. The van der Waals surface area contributed by atoms with Crippen molar-refractivity contribution in [2.24, 2.45) is 44.8 Å². The first-order chi connectivity index (χ1) is 19.2. The van der Waals surface area contributed by atoms with Crippen LogP contribution in [0.2, 0.25) is 0 Å². The Kier molecular flexibility index (Phi) is 5.54. The minimum atomic E-state index is -0.321. The number of rotatable bonds is 3. The van der Waals surface area contributed by atoms with E-state index in [1.165, 1.54) is 24.1 Å². The molecule has 5 aliphatic carbocycles. The zero-order chi connectivity index (χ0) is 29.2. The molecule has 8 nitrogen and oxygen atoms in total. The number of Topliss-reactive ketones (excluding diaryl/α,β-unsaturated/α-hetero) is 1. The first-order valence-electron chi connectivity index (χ1n) is 16.0. The molecule has 3 fully saturated rings. The lowest BCUT2D eigenvalue weighted by molar-refractivity contribution is -0.166. The lowest BCUT2D eigenvalue weighted by atomic mass is 9.33. The maximum absolute atomic E-state index is 14.2. The number of anilines is 1. The summed E-state index contributed by atoms with van der Waals surface area (Å²) < 4.78 is 0. The number of nitrogens with two attached hydrogens (primary N) is 1. The van der Waals surface area contributed by atoms with Gasteiger partial charge in [0.15, 0.2) is 5.82 Å². The average molecular weight is 560 g/mol. The van der Waals surface area contributed by atoms with Crippen LogP contribution in [0.1, 0.15) is 117 Å². The number of tetrazole rings is 1. The summed E-state index contributed by atoms with van der Waals surface area (Å²) in [6, 6.07) is 0. The number of carbonyl (C=O) groups is 1. The number of H-pyrrole nitrogens is 2. The van der Waals surface area contributed by atoms with Crippen molar-refractivity contribution < 1.29 is 4.79 Å². The molecule has 5 aliphatic rings. The fraction of sp³-hybridized carbons (Fsp3) is 0.788. The van der Waals surface area contributed by atoms with Crippen LogP contribution in [-0.4, -0.2) is 36.6 Å². The predicted molar refractivity (Wildman–Crippen MR) is 159 cm³/mol. The van der Waals surface area contributed by atoms with Crippen molar-refractivity contribution in [1.29, 1.82) is 0 Å². The lowest BCUT2D eigenvalue weighted by Gasteiger charge is -2.70. The Hall–Kier alpha value is -2.51. The Labute approximate surface area is 244 Å². The van der Waals surface area contributed by atoms with Gasteiger partial charge in [0, 0.05) is 22.1 Å². The van der Waals surface area contributed by atoms with Crippen LogP contribution in [-0.2, 0) is 23.1 Å². The van der Waals surface area contributed by atoms with E-state index in [-0.39, 0.29) is 44.8 Å². The second-order valence-corrected chi connectivity index (χ2v) is 16.7. The summed E-state index contributed by atoms with van der Waals surface area (Å²) in [7, 11) is 0. The van der Waals surface area contributed by atoms with Crippen LogP contribution >= 0.6 is 0 Å². The summed E-state index contributed by atoms with van der Waals surface area (Å²) in [6.07, 6.45) is 12.6. The molecule has 0 aliphatic heterocycles. The van der Waals surface area contributed by atoms with Gasteiger partial charge in [-0.1, -0.05) is 65.3 Å². The normalized spacial score (nSPS) is 42.1. The second kappa shape index (κ2) is 8.31. The minimum Gasteiger partial charge on any atom is -0.382 e. The van der Waals surface area contributed by atoms with Crippen molar-refractivity contribution >= 4 is 11.6 Å². The van der Waals surface area contributed by atoms with Gasteiger partial charge in [0.25, 0.3) is 0 Å². The highest BCUT2D eigenvalue weighted by molar-refractivity contribution is 5.87. The molecule has 0 spiro atoms. The molecular weight excluding hydrogens is 510 g/mol. The molecule has 41 heavy (non-hydrogen) atoms. The molecule has 3 saturated carbocycles. The van der Waals surface area contributed by atoms with Gasteiger partial charge < -0.3 is 5.73 Å². The molecule has 7 atom stereocenters. The van der Waals surface area contributed by atoms with Crippen LogP contribution < -0.4 is 5.73 Å². The van der Waals surface area contributed by atoms with E-state index < -0.39 is 0 Å². The van der Waals surface area contributed by atoms with Crippen LogP contribution in [0, 0.1) is 44.8 Å². The number of hydrogen-bond donors (Lipinski definition) is 3. The Balaban J connectivity index is 1.31. The number of allylic oxidation sites excluding steroid dienone is 2. The highest BCUT2D eigenvalue weighted by Crippen LogP contribution is 2.75. The van der Waals surface area contributed by atoms with E-state index in [1.807, 2.05) is 0 Å².